The lowest BCUT2D eigenvalue weighted by Crippen LogP contribution is -2.40. The van der Waals surface area contributed by atoms with Gasteiger partial charge in [-0.3, -0.25) is 10.1 Å². The maximum absolute atomic E-state index is 12.2. The molecule has 0 heterocycles. The van der Waals surface area contributed by atoms with E-state index in [1.807, 2.05) is 13.8 Å². The van der Waals surface area contributed by atoms with Crippen molar-refractivity contribution in [1.82, 2.24) is 4.72 Å². The van der Waals surface area contributed by atoms with Crippen molar-refractivity contribution in [2.75, 3.05) is 6.54 Å². The minimum atomic E-state index is -3.88. The number of nitrogens with one attached hydrogen (secondary N) is 1. The average Bonchev–Trinajstić information content (AvgIpc) is 2.36. The molecule has 0 spiro atoms. The van der Waals surface area contributed by atoms with Gasteiger partial charge in [0.15, 0.2) is 0 Å². The Morgan fingerprint density at radius 3 is 2.52 bits per heavy atom. The lowest BCUT2D eigenvalue weighted by molar-refractivity contribution is -0.384. The van der Waals surface area contributed by atoms with E-state index in [1.54, 1.807) is 0 Å². The van der Waals surface area contributed by atoms with Gasteiger partial charge in [0, 0.05) is 18.7 Å². The van der Waals surface area contributed by atoms with Crippen LogP contribution in [0.25, 0.3) is 0 Å². The molecule has 118 valence electrons. The van der Waals surface area contributed by atoms with Crippen LogP contribution in [0.2, 0.25) is 5.02 Å². The Hall–Kier alpha value is -1.22. The molecule has 1 aromatic carbocycles. The van der Waals surface area contributed by atoms with E-state index in [0.29, 0.717) is 6.42 Å². The summed E-state index contributed by atoms with van der Waals surface area (Å²) in [6, 6.07) is 2.92. The first-order chi connectivity index (χ1) is 9.67. The van der Waals surface area contributed by atoms with Gasteiger partial charge in [0.2, 0.25) is 10.0 Å². The van der Waals surface area contributed by atoms with Gasteiger partial charge in [-0.2, -0.15) is 0 Å². The van der Waals surface area contributed by atoms with E-state index in [1.165, 1.54) is 12.1 Å². The van der Waals surface area contributed by atoms with Crippen LogP contribution < -0.4 is 10.5 Å². The van der Waals surface area contributed by atoms with Crippen LogP contribution in [0.1, 0.15) is 20.3 Å². The fourth-order valence-electron chi connectivity index (χ4n) is 1.85. The second-order valence-electron chi connectivity index (χ2n) is 5.05. The molecule has 0 aromatic heterocycles. The maximum atomic E-state index is 12.2. The van der Waals surface area contributed by atoms with Crippen molar-refractivity contribution in [3.63, 3.8) is 0 Å². The summed E-state index contributed by atoms with van der Waals surface area (Å²) in [5.74, 6) is 0.265. The molecule has 3 N–H and O–H groups in total. The van der Waals surface area contributed by atoms with Gasteiger partial charge in [0.05, 0.1) is 9.82 Å². The molecule has 9 heteroatoms. The van der Waals surface area contributed by atoms with E-state index >= 15 is 0 Å². The summed E-state index contributed by atoms with van der Waals surface area (Å²) in [6.45, 7) is 4.04. The van der Waals surface area contributed by atoms with Crippen LogP contribution in [0.3, 0.4) is 0 Å². The third kappa shape index (κ3) is 4.92. The Labute approximate surface area is 128 Å². The Morgan fingerprint density at radius 2 is 2.05 bits per heavy atom. The number of hydrogen-bond acceptors (Lipinski definition) is 5. The van der Waals surface area contributed by atoms with Crippen molar-refractivity contribution in [3.8, 4) is 0 Å². The number of nitrogens with two attached hydrogens (primary N) is 1. The van der Waals surface area contributed by atoms with Crippen molar-refractivity contribution >= 4 is 27.3 Å². The van der Waals surface area contributed by atoms with Gasteiger partial charge < -0.3 is 5.73 Å². The van der Waals surface area contributed by atoms with Crippen molar-refractivity contribution < 1.29 is 13.3 Å². The quantitative estimate of drug-likeness (QED) is 0.583. The normalized spacial score (nSPS) is 13.4. The highest BCUT2D eigenvalue weighted by molar-refractivity contribution is 7.89. The molecule has 0 amide bonds. The zero-order chi connectivity index (χ0) is 16.2. The minimum Gasteiger partial charge on any atom is -0.329 e. The van der Waals surface area contributed by atoms with E-state index in [9.17, 15) is 18.5 Å². The fourth-order valence-corrected chi connectivity index (χ4v) is 3.32. The standard InChI is InChI=1S/C12H18ClN3O4S/c1-8(2)5-9(7-14)15-21(19,20)10-3-4-11(13)12(6-10)16(17)18/h3-4,6,8-9,15H,5,7,14H2,1-2H3. The van der Waals surface area contributed by atoms with Crippen molar-refractivity contribution in [1.29, 1.82) is 0 Å². The van der Waals surface area contributed by atoms with Crippen LogP contribution in [-0.2, 0) is 10.0 Å². The van der Waals surface area contributed by atoms with E-state index in [-0.39, 0.29) is 22.4 Å². The zero-order valence-electron chi connectivity index (χ0n) is 11.7. The number of rotatable bonds is 7. The first-order valence-corrected chi connectivity index (χ1v) is 8.19. The predicted octanol–water partition coefficient (Wildman–Crippen LogP) is 1.90. The molecule has 1 aromatic rings. The molecule has 0 fully saturated rings. The van der Waals surface area contributed by atoms with Crippen LogP contribution in [0.5, 0.6) is 0 Å². The summed E-state index contributed by atoms with van der Waals surface area (Å²) in [5.41, 5.74) is 5.10. The molecule has 1 rings (SSSR count). The largest absolute Gasteiger partial charge is 0.329 e. The van der Waals surface area contributed by atoms with Crippen LogP contribution in [0.15, 0.2) is 23.1 Å². The molecule has 0 bridgehead atoms. The van der Waals surface area contributed by atoms with Gasteiger partial charge in [-0.25, -0.2) is 13.1 Å². The van der Waals surface area contributed by atoms with Crippen LogP contribution in [0, 0.1) is 16.0 Å². The molecule has 0 aliphatic heterocycles. The summed E-state index contributed by atoms with van der Waals surface area (Å²) in [5, 5.41) is 10.7. The Bertz CT molecular complexity index is 619. The maximum Gasteiger partial charge on any atom is 0.289 e. The molecule has 21 heavy (non-hydrogen) atoms. The summed E-state index contributed by atoms with van der Waals surface area (Å²) >= 11 is 5.67. The van der Waals surface area contributed by atoms with Gasteiger partial charge in [-0.1, -0.05) is 25.4 Å². The van der Waals surface area contributed by atoms with E-state index in [4.69, 9.17) is 17.3 Å². The molecule has 0 saturated carbocycles. The average molecular weight is 336 g/mol. The number of nitro benzene ring substituents is 1. The topological polar surface area (TPSA) is 115 Å². The number of sulfonamides is 1. The molecule has 0 saturated heterocycles. The van der Waals surface area contributed by atoms with E-state index < -0.39 is 26.7 Å². The number of benzene rings is 1. The fraction of sp³-hybridized carbons (Fsp3) is 0.500. The summed E-state index contributed by atoms with van der Waals surface area (Å²) in [7, 11) is -3.88. The highest BCUT2D eigenvalue weighted by atomic mass is 35.5. The molecular formula is C12H18ClN3O4S. The molecule has 7 nitrogen and oxygen atoms in total. The molecule has 0 aliphatic rings. The minimum absolute atomic E-state index is 0.114. The van der Waals surface area contributed by atoms with Crippen LogP contribution in [-0.4, -0.2) is 25.9 Å². The van der Waals surface area contributed by atoms with E-state index in [2.05, 4.69) is 4.72 Å². The SMILES string of the molecule is CC(C)CC(CN)NS(=O)(=O)c1ccc(Cl)c([N+](=O)[O-])c1. The highest BCUT2D eigenvalue weighted by Crippen LogP contribution is 2.27. The lowest BCUT2D eigenvalue weighted by Gasteiger charge is -2.18. The van der Waals surface area contributed by atoms with Crippen LogP contribution in [0.4, 0.5) is 5.69 Å². The number of nitrogens with zero attached hydrogens (tertiary/aromatic N) is 1. The Morgan fingerprint density at radius 1 is 1.43 bits per heavy atom. The Kier molecular flexibility index (Phi) is 6.09. The summed E-state index contributed by atoms with van der Waals surface area (Å²) in [4.78, 5) is 9.88. The first kappa shape index (κ1) is 17.8. The second kappa shape index (κ2) is 7.17. The van der Waals surface area contributed by atoms with Gasteiger partial charge in [-0.05, 0) is 24.5 Å². The van der Waals surface area contributed by atoms with Crippen LogP contribution >= 0.6 is 11.6 Å². The molecule has 0 aliphatic carbocycles. The van der Waals surface area contributed by atoms with Crippen molar-refractivity contribution in [2.45, 2.75) is 31.2 Å². The summed E-state index contributed by atoms with van der Waals surface area (Å²) in [6.07, 6.45) is 0.575. The Balaban J connectivity index is 3.07. The van der Waals surface area contributed by atoms with Crippen molar-refractivity contribution in [3.05, 3.63) is 33.3 Å². The van der Waals surface area contributed by atoms with Gasteiger partial charge in [0.1, 0.15) is 5.02 Å². The first-order valence-electron chi connectivity index (χ1n) is 6.33. The van der Waals surface area contributed by atoms with E-state index in [0.717, 1.165) is 6.07 Å². The molecule has 1 unspecified atom stereocenters. The predicted molar refractivity (Wildman–Crippen MR) is 80.7 cm³/mol. The number of nitro groups is 1. The monoisotopic (exact) mass is 335 g/mol. The third-order valence-electron chi connectivity index (χ3n) is 2.79. The lowest BCUT2D eigenvalue weighted by atomic mass is 10.1. The zero-order valence-corrected chi connectivity index (χ0v) is 13.3. The molecule has 0 radical (unpaired) electrons. The van der Waals surface area contributed by atoms with Gasteiger partial charge >= 0.3 is 0 Å². The smallest absolute Gasteiger partial charge is 0.289 e. The third-order valence-corrected chi connectivity index (χ3v) is 4.62. The summed E-state index contributed by atoms with van der Waals surface area (Å²) < 4.78 is 26.9. The molecule has 1 atom stereocenters. The number of hydrogen-bond donors (Lipinski definition) is 2. The number of halogens is 1. The van der Waals surface area contributed by atoms with Gasteiger partial charge in [-0.15, -0.1) is 0 Å². The second-order valence-corrected chi connectivity index (χ2v) is 7.17. The highest BCUT2D eigenvalue weighted by Gasteiger charge is 2.23. The van der Waals surface area contributed by atoms with Crippen molar-refractivity contribution in [2.24, 2.45) is 11.7 Å². The molecular weight excluding hydrogens is 318 g/mol. The van der Waals surface area contributed by atoms with Gasteiger partial charge in [0.25, 0.3) is 5.69 Å².